The van der Waals surface area contributed by atoms with Crippen LogP contribution in [0.3, 0.4) is 0 Å². The van der Waals surface area contributed by atoms with Crippen LogP contribution in [-0.4, -0.2) is 42.3 Å². The quantitative estimate of drug-likeness (QED) is 0.108. The summed E-state index contributed by atoms with van der Waals surface area (Å²) < 4.78 is 13.9. The Morgan fingerprint density at radius 1 is 1.18 bits per heavy atom. The van der Waals surface area contributed by atoms with Crippen molar-refractivity contribution < 1.29 is 14.0 Å². The molecule has 0 fully saturated rings. The van der Waals surface area contributed by atoms with Crippen molar-refractivity contribution in [2.75, 3.05) is 19.1 Å². The molecule has 0 bridgehead atoms. The van der Waals surface area contributed by atoms with E-state index in [9.17, 15) is 19.2 Å². The summed E-state index contributed by atoms with van der Waals surface area (Å²) in [4.78, 5) is 32.7. The number of hydrogen-bond donors (Lipinski definition) is 2. The van der Waals surface area contributed by atoms with Gasteiger partial charge in [-0.15, -0.1) is 0 Å². The van der Waals surface area contributed by atoms with Crippen molar-refractivity contribution in [3.05, 3.63) is 94.5 Å². The van der Waals surface area contributed by atoms with Crippen LogP contribution in [0.15, 0.2) is 82.5 Å². The molecule has 3 amide bonds. The van der Waals surface area contributed by atoms with Crippen LogP contribution in [0.5, 0.6) is 0 Å². The molecular formula is C30H36FN7O2. The fraction of sp³-hybridized carbons (Fsp3) is 0.267. The number of nitrogens with one attached hydrogen (secondary N) is 1. The smallest absolute Gasteiger partial charge is 0.314 e. The lowest BCUT2D eigenvalue weighted by Gasteiger charge is -2.24. The molecule has 0 heterocycles. The number of nitrogens with zero attached hydrogens (tertiary/aromatic N) is 5. The fourth-order valence-corrected chi connectivity index (χ4v) is 3.62. The van der Waals surface area contributed by atoms with Crippen molar-refractivity contribution in [2.24, 2.45) is 10.8 Å². The molecule has 210 valence electrons. The number of amides is 3. The van der Waals surface area contributed by atoms with Gasteiger partial charge in [-0.25, -0.2) is 20.0 Å². The Morgan fingerprint density at radius 3 is 2.50 bits per heavy atom. The van der Waals surface area contributed by atoms with Crippen LogP contribution >= 0.6 is 0 Å². The van der Waals surface area contributed by atoms with Gasteiger partial charge in [-0.05, 0) is 74.7 Å². The van der Waals surface area contributed by atoms with E-state index in [0.29, 0.717) is 29.0 Å². The summed E-state index contributed by atoms with van der Waals surface area (Å²) in [6.07, 6.45) is 7.16. The normalized spacial score (nSPS) is 12.5. The SMILES string of the molecule is C\C=C(/C=C(C)\C=C(/C)CC)N(C)C(=O)NC(=Nc1cccc(N(C)N)c1)N(C=O)Cc1ccc(F)c(C#N)c1. The second kappa shape index (κ2) is 15.0. The highest BCUT2D eigenvalue weighted by Gasteiger charge is 2.20. The zero-order chi connectivity index (χ0) is 29.8. The number of aliphatic imine (C=N–C) groups is 1. The molecule has 3 N–H and O–H groups in total. The molecule has 0 aliphatic rings. The van der Waals surface area contributed by atoms with Crippen LogP contribution in [0.1, 0.15) is 45.2 Å². The van der Waals surface area contributed by atoms with E-state index in [2.05, 4.69) is 23.3 Å². The first-order valence-electron chi connectivity index (χ1n) is 12.7. The third-order valence-corrected chi connectivity index (χ3v) is 5.99. The maximum atomic E-state index is 13.9. The van der Waals surface area contributed by atoms with E-state index < -0.39 is 11.8 Å². The number of nitrogens with two attached hydrogens (primary N) is 1. The number of guanidine groups is 1. The standard InChI is InChI=1S/C30H36FN7O2/c1-7-21(3)14-22(4)15-26(8-2)36(5)30(40)35-29(34-25-10-9-11-27(17-25)37(6)33)38(20-39)19-23-12-13-28(31)24(16-23)18-32/h8-17,20H,7,19,33H2,1-6H3,(H,34,35,40)/b21-14+,22-15-,26-8+. The highest BCUT2D eigenvalue weighted by molar-refractivity contribution is 6.01. The number of urea groups is 1. The summed E-state index contributed by atoms with van der Waals surface area (Å²) in [6, 6.07) is 12.1. The van der Waals surface area contributed by atoms with E-state index in [1.807, 2.05) is 26.8 Å². The number of hydrazine groups is 1. The molecule has 0 unspecified atom stereocenters. The maximum Gasteiger partial charge on any atom is 0.328 e. The molecule has 0 aliphatic carbocycles. The lowest BCUT2D eigenvalue weighted by molar-refractivity contribution is -0.115. The Labute approximate surface area is 235 Å². The van der Waals surface area contributed by atoms with Gasteiger partial charge in [0.2, 0.25) is 12.4 Å². The molecule has 9 nitrogen and oxygen atoms in total. The molecule has 0 radical (unpaired) electrons. The van der Waals surface area contributed by atoms with Gasteiger partial charge in [-0.2, -0.15) is 5.26 Å². The minimum absolute atomic E-state index is 0.0654. The molecule has 2 rings (SSSR count). The molecule has 0 spiro atoms. The fourth-order valence-electron chi connectivity index (χ4n) is 3.62. The number of halogens is 1. The number of carbonyl (C=O) groups is 2. The van der Waals surface area contributed by atoms with Gasteiger partial charge in [0.25, 0.3) is 0 Å². The van der Waals surface area contributed by atoms with E-state index in [0.717, 1.165) is 18.1 Å². The number of rotatable bonds is 9. The Morgan fingerprint density at radius 2 is 1.90 bits per heavy atom. The van der Waals surface area contributed by atoms with Crippen molar-refractivity contribution in [3.63, 3.8) is 0 Å². The second-order valence-electron chi connectivity index (χ2n) is 9.16. The molecule has 0 atom stereocenters. The number of anilines is 1. The molecule has 0 saturated heterocycles. The largest absolute Gasteiger partial charge is 0.328 e. The molecule has 2 aromatic rings. The Balaban J connectivity index is 2.48. The summed E-state index contributed by atoms with van der Waals surface area (Å²) in [6.45, 7) is 7.81. The first-order valence-corrected chi connectivity index (χ1v) is 12.7. The molecule has 2 aromatic carbocycles. The predicted molar refractivity (Wildman–Crippen MR) is 157 cm³/mol. The third kappa shape index (κ3) is 8.92. The summed E-state index contributed by atoms with van der Waals surface area (Å²) in [7, 11) is 3.28. The predicted octanol–water partition coefficient (Wildman–Crippen LogP) is 5.50. The average molecular weight is 546 g/mol. The topological polar surface area (TPSA) is 118 Å². The van der Waals surface area contributed by atoms with Gasteiger partial charge in [0.15, 0.2) is 0 Å². The first-order chi connectivity index (χ1) is 19.0. The van der Waals surface area contributed by atoms with E-state index in [1.165, 1.54) is 32.5 Å². The monoisotopic (exact) mass is 545 g/mol. The minimum Gasteiger partial charge on any atom is -0.314 e. The van der Waals surface area contributed by atoms with Gasteiger partial charge >= 0.3 is 6.03 Å². The third-order valence-electron chi connectivity index (χ3n) is 5.99. The van der Waals surface area contributed by atoms with Crippen molar-refractivity contribution in [1.29, 1.82) is 5.26 Å². The summed E-state index contributed by atoms with van der Waals surface area (Å²) >= 11 is 0. The van der Waals surface area contributed by atoms with Gasteiger partial charge in [-0.1, -0.05) is 36.8 Å². The molecule has 0 saturated carbocycles. The minimum atomic E-state index is -0.665. The van der Waals surface area contributed by atoms with Crippen LogP contribution in [0.25, 0.3) is 0 Å². The lowest BCUT2D eigenvalue weighted by atomic mass is 10.1. The summed E-state index contributed by atoms with van der Waals surface area (Å²) in [5.74, 6) is 5.13. The number of allylic oxidation sites excluding steroid dienone is 5. The number of likely N-dealkylation sites (N-methyl/N-ethyl adjacent to an activating group) is 1. The van der Waals surface area contributed by atoms with Crippen molar-refractivity contribution in [3.8, 4) is 6.07 Å². The highest BCUT2D eigenvalue weighted by Crippen LogP contribution is 2.20. The van der Waals surface area contributed by atoms with Crippen LogP contribution in [0.2, 0.25) is 0 Å². The van der Waals surface area contributed by atoms with Gasteiger partial charge in [0.05, 0.1) is 23.5 Å². The first kappa shape index (κ1) is 31.5. The van der Waals surface area contributed by atoms with E-state index in [1.54, 1.807) is 50.5 Å². The Bertz CT molecular complexity index is 1390. The lowest BCUT2D eigenvalue weighted by Crippen LogP contribution is -2.47. The second-order valence-corrected chi connectivity index (χ2v) is 9.16. The number of nitriles is 1. The molecule has 10 heteroatoms. The van der Waals surface area contributed by atoms with E-state index >= 15 is 0 Å². The van der Waals surface area contributed by atoms with Crippen LogP contribution in [0, 0.1) is 17.1 Å². The Hall–Kier alpha value is -4.75. The van der Waals surface area contributed by atoms with Gasteiger partial charge in [-0.3, -0.25) is 19.9 Å². The summed E-state index contributed by atoms with van der Waals surface area (Å²) in [5, 5.41) is 13.3. The van der Waals surface area contributed by atoms with Crippen molar-refractivity contribution in [1.82, 2.24) is 15.1 Å². The van der Waals surface area contributed by atoms with Crippen molar-refractivity contribution in [2.45, 2.75) is 40.7 Å². The van der Waals surface area contributed by atoms with Gasteiger partial charge < -0.3 is 5.01 Å². The maximum absolute atomic E-state index is 13.9. The zero-order valence-electron chi connectivity index (χ0n) is 23.8. The van der Waals surface area contributed by atoms with Crippen LogP contribution in [-0.2, 0) is 11.3 Å². The van der Waals surface area contributed by atoms with E-state index in [4.69, 9.17) is 5.84 Å². The highest BCUT2D eigenvalue weighted by atomic mass is 19.1. The van der Waals surface area contributed by atoms with Crippen LogP contribution in [0.4, 0.5) is 20.6 Å². The number of benzene rings is 2. The van der Waals surface area contributed by atoms with E-state index in [-0.39, 0.29) is 18.1 Å². The Kier molecular flexibility index (Phi) is 11.8. The summed E-state index contributed by atoms with van der Waals surface area (Å²) in [5.41, 5.74) is 4.22. The molecular weight excluding hydrogens is 509 g/mol. The molecule has 0 aliphatic heterocycles. The van der Waals surface area contributed by atoms with Crippen LogP contribution < -0.4 is 16.2 Å². The van der Waals surface area contributed by atoms with Crippen molar-refractivity contribution >= 4 is 29.8 Å². The van der Waals surface area contributed by atoms with Gasteiger partial charge in [0, 0.05) is 19.8 Å². The average Bonchev–Trinajstić information content (AvgIpc) is 2.94. The number of carbonyl (C=O) groups excluding carboxylic acids is 2. The zero-order valence-corrected chi connectivity index (χ0v) is 23.8. The number of hydrogen-bond acceptors (Lipinski definition) is 6. The molecule has 0 aromatic heterocycles. The molecule has 40 heavy (non-hydrogen) atoms. The van der Waals surface area contributed by atoms with Gasteiger partial charge in [0.1, 0.15) is 11.9 Å².